The van der Waals surface area contributed by atoms with E-state index < -0.39 is 46.7 Å². The minimum Gasteiger partial charge on any atom is -0.508 e. The number of carbonyl (C=O) groups excluding carboxylic acids is 3. The molecule has 2 N–H and O–H groups in total. The molecule has 1 aromatic carbocycles. The van der Waals surface area contributed by atoms with Gasteiger partial charge in [-0.1, -0.05) is 32.9 Å². The highest BCUT2D eigenvalue weighted by Gasteiger charge is 2.65. The second-order valence-corrected chi connectivity index (χ2v) is 8.83. The van der Waals surface area contributed by atoms with Gasteiger partial charge in [0, 0.05) is 23.8 Å². The molecule has 1 aromatic rings. The molecule has 7 nitrogen and oxygen atoms in total. The SMILES string of the molecule is COC(=O)[C@@]1(C)C(=O)C=C[C@]2(C)c3c(O)cc(C(C)C)cc3[C@H](O)C(OC(C)=O)C12. The number of hydrogen-bond donors (Lipinski definition) is 2. The van der Waals surface area contributed by atoms with E-state index in [1.807, 2.05) is 13.8 Å². The Balaban J connectivity index is 2.39. The molecule has 2 unspecified atom stereocenters. The summed E-state index contributed by atoms with van der Waals surface area (Å²) in [7, 11) is 1.18. The summed E-state index contributed by atoms with van der Waals surface area (Å²) in [5.74, 6) is -2.91. The zero-order chi connectivity index (χ0) is 22.6. The highest BCUT2D eigenvalue weighted by Crippen LogP contribution is 2.59. The lowest BCUT2D eigenvalue weighted by Gasteiger charge is -2.54. The third-order valence-corrected chi connectivity index (χ3v) is 6.61. The molecule has 0 aliphatic heterocycles. The summed E-state index contributed by atoms with van der Waals surface area (Å²) >= 11 is 0. The zero-order valence-corrected chi connectivity index (χ0v) is 18.1. The van der Waals surface area contributed by atoms with Crippen LogP contribution in [-0.2, 0) is 29.3 Å². The van der Waals surface area contributed by atoms with E-state index in [0.29, 0.717) is 11.1 Å². The maximum absolute atomic E-state index is 12.9. The number of aliphatic hydroxyl groups excluding tert-OH is 1. The molecule has 3 rings (SSSR count). The van der Waals surface area contributed by atoms with E-state index >= 15 is 0 Å². The molecular weight excluding hydrogens is 388 g/mol. The molecule has 0 saturated carbocycles. The summed E-state index contributed by atoms with van der Waals surface area (Å²) in [6.07, 6.45) is 0.380. The topological polar surface area (TPSA) is 110 Å². The first-order valence-electron chi connectivity index (χ1n) is 9.94. The Kier molecular flexibility index (Phi) is 5.31. The maximum atomic E-state index is 12.9. The largest absolute Gasteiger partial charge is 0.508 e. The number of hydrogen-bond acceptors (Lipinski definition) is 7. The summed E-state index contributed by atoms with van der Waals surface area (Å²) in [6, 6.07) is 3.41. The predicted molar refractivity (Wildman–Crippen MR) is 108 cm³/mol. The van der Waals surface area contributed by atoms with Gasteiger partial charge in [0.15, 0.2) is 5.78 Å². The predicted octanol–water partition coefficient (Wildman–Crippen LogP) is 2.69. The Hall–Kier alpha value is -2.67. The van der Waals surface area contributed by atoms with Gasteiger partial charge in [-0.2, -0.15) is 0 Å². The second kappa shape index (κ2) is 7.23. The van der Waals surface area contributed by atoms with Crippen molar-refractivity contribution < 1.29 is 34.1 Å². The van der Waals surface area contributed by atoms with E-state index in [2.05, 4.69) is 0 Å². The van der Waals surface area contributed by atoms with Gasteiger partial charge in [0.1, 0.15) is 23.4 Å². The number of phenols is 1. The van der Waals surface area contributed by atoms with Crippen LogP contribution >= 0.6 is 0 Å². The van der Waals surface area contributed by atoms with E-state index in [1.165, 1.54) is 27.0 Å². The molecule has 7 heteroatoms. The molecule has 2 aliphatic rings. The molecule has 162 valence electrons. The van der Waals surface area contributed by atoms with Gasteiger partial charge < -0.3 is 19.7 Å². The Bertz CT molecular complexity index is 947. The molecule has 0 radical (unpaired) electrons. The van der Waals surface area contributed by atoms with Crippen molar-refractivity contribution in [2.24, 2.45) is 11.3 Å². The van der Waals surface area contributed by atoms with E-state index in [0.717, 1.165) is 5.56 Å². The number of aliphatic hydroxyl groups is 1. The number of methoxy groups -OCH3 is 1. The van der Waals surface area contributed by atoms with Crippen molar-refractivity contribution in [3.63, 3.8) is 0 Å². The van der Waals surface area contributed by atoms with Crippen LogP contribution < -0.4 is 0 Å². The van der Waals surface area contributed by atoms with E-state index in [4.69, 9.17) is 9.47 Å². The number of phenolic OH excluding ortho intramolecular Hbond substituents is 1. The molecule has 0 spiro atoms. The summed E-state index contributed by atoms with van der Waals surface area (Å²) in [5, 5.41) is 22.2. The Morgan fingerprint density at radius 1 is 1.20 bits per heavy atom. The Morgan fingerprint density at radius 2 is 1.83 bits per heavy atom. The number of carbonyl (C=O) groups is 3. The lowest BCUT2D eigenvalue weighted by molar-refractivity contribution is -0.183. The molecule has 0 heterocycles. The molecule has 0 amide bonds. The first-order chi connectivity index (χ1) is 13.9. The minimum absolute atomic E-state index is 0.0461. The molecular formula is C23H28O7. The lowest BCUT2D eigenvalue weighted by atomic mass is 9.50. The quantitative estimate of drug-likeness (QED) is 0.576. The number of rotatable bonds is 3. The molecule has 2 aliphatic carbocycles. The van der Waals surface area contributed by atoms with Gasteiger partial charge in [-0.15, -0.1) is 0 Å². The van der Waals surface area contributed by atoms with E-state index in [1.54, 1.807) is 25.1 Å². The van der Waals surface area contributed by atoms with E-state index in [9.17, 15) is 24.6 Å². The van der Waals surface area contributed by atoms with Crippen LogP contribution in [0.15, 0.2) is 24.3 Å². The van der Waals surface area contributed by atoms with Crippen LogP contribution in [0, 0.1) is 11.3 Å². The average molecular weight is 416 g/mol. The third-order valence-electron chi connectivity index (χ3n) is 6.61. The number of allylic oxidation sites excluding steroid dienone is 2. The number of fused-ring (bicyclic) bond motifs is 3. The molecule has 0 saturated heterocycles. The third kappa shape index (κ3) is 2.95. The Labute approximate surface area is 175 Å². The van der Waals surface area contributed by atoms with Crippen molar-refractivity contribution in [3.05, 3.63) is 41.0 Å². The fraction of sp³-hybridized carbons (Fsp3) is 0.522. The van der Waals surface area contributed by atoms with Gasteiger partial charge in [0.05, 0.1) is 7.11 Å². The van der Waals surface area contributed by atoms with Crippen molar-refractivity contribution in [3.8, 4) is 5.75 Å². The summed E-state index contributed by atoms with van der Waals surface area (Å²) in [5.41, 5.74) is -1.17. The summed E-state index contributed by atoms with van der Waals surface area (Å²) < 4.78 is 10.4. The van der Waals surface area contributed by atoms with Crippen molar-refractivity contribution in [2.45, 2.75) is 58.2 Å². The van der Waals surface area contributed by atoms with Gasteiger partial charge in [-0.25, -0.2) is 0 Å². The highest BCUT2D eigenvalue weighted by molar-refractivity contribution is 6.10. The molecule has 30 heavy (non-hydrogen) atoms. The van der Waals surface area contributed by atoms with Gasteiger partial charge in [0.2, 0.25) is 0 Å². The number of aromatic hydroxyl groups is 1. The smallest absolute Gasteiger partial charge is 0.319 e. The van der Waals surface area contributed by atoms with Crippen molar-refractivity contribution in [1.82, 2.24) is 0 Å². The minimum atomic E-state index is -1.72. The van der Waals surface area contributed by atoms with Crippen LogP contribution in [0.5, 0.6) is 5.75 Å². The molecule has 5 atom stereocenters. The van der Waals surface area contributed by atoms with Crippen LogP contribution in [0.1, 0.15) is 63.3 Å². The second-order valence-electron chi connectivity index (χ2n) is 8.83. The monoisotopic (exact) mass is 416 g/mol. The highest BCUT2D eigenvalue weighted by atomic mass is 16.6. The van der Waals surface area contributed by atoms with Crippen molar-refractivity contribution >= 4 is 17.7 Å². The molecule has 0 fully saturated rings. The normalized spacial score (nSPS) is 32.4. The van der Waals surface area contributed by atoms with E-state index in [-0.39, 0.29) is 11.7 Å². The fourth-order valence-corrected chi connectivity index (χ4v) is 5.13. The van der Waals surface area contributed by atoms with Crippen LogP contribution in [-0.4, -0.2) is 41.1 Å². The van der Waals surface area contributed by atoms with Crippen LogP contribution in [0.3, 0.4) is 0 Å². The summed E-state index contributed by atoms with van der Waals surface area (Å²) in [4.78, 5) is 37.7. The summed E-state index contributed by atoms with van der Waals surface area (Å²) in [6.45, 7) is 8.31. The number of benzene rings is 1. The zero-order valence-electron chi connectivity index (χ0n) is 18.1. The van der Waals surface area contributed by atoms with Gasteiger partial charge in [-0.05, 0) is 36.1 Å². The molecule has 0 aromatic heterocycles. The first-order valence-corrected chi connectivity index (χ1v) is 9.94. The number of esters is 2. The van der Waals surface area contributed by atoms with Crippen LogP contribution in [0.4, 0.5) is 0 Å². The van der Waals surface area contributed by atoms with Crippen LogP contribution in [0.2, 0.25) is 0 Å². The van der Waals surface area contributed by atoms with Crippen molar-refractivity contribution in [2.75, 3.05) is 7.11 Å². The number of ketones is 1. The van der Waals surface area contributed by atoms with Gasteiger partial charge in [-0.3, -0.25) is 14.4 Å². The van der Waals surface area contributed by atoms with Gasteiger partial charge >= 0.3 is 11.9 Å². The standard InChI is InChI=1S/C23H28O7/c1-11(2)13-9-14-17(15(25)10-13)22(4)8-7-16(26)23(5,21(28)29-6)20(22)19(18(14)27)30-12(3)24/h7-11,18-20,25,27H,1-6H3/t18-,19?,20?,22+,23-/m0/s1. The van der Waals surface area contributed by atoms with Crippen LogP contribution in [0.25, 0.3) is 0 Å². The fourth-order valence-electron chi connectivity index (χ4n) is 5.13. The Morgan fingerprint density at radius 3 is 2.37 bits per heavy atom. The number of ether oxygens (including phenoxy) is 2. The molecule has 0 bridgehead atoms. The maximum Gasteiger partial charge on any atom is 0.319 e. The first kappa shape index (κ1) is 22.0. The lowest BCUT2D eigenvalue weighted by Crippen LogP contribution is -2.61. The van der Waals surface area contributed by atoms with Gasteiger partial charge in [0.25, 0.3) is 0 Å². The average Bonchev–Trinajstić information content (AvgIpc) is 2.67. The van der Waals surface area contributed by atoms with Crippen molar-refractivity contribution in [1.29, 1.82) is 0 Å².